The van der Waals surface area contributed by atoms with Gasteiger partial charge in [0.1, 0.15) is 5.82 Å². The molecule has 1 saturated heterocycles. The minimum absolute atomic E-state index is 0.0444. The number of anilines is 1. The van der Waals surface area contributed by atoms with Crippen LogP contribution in [-0.4, -0.2) is 18.0 Å². The fourth-order valence-electron chi connectivity index (χ4n) is 3.36. The van der Waals surface area contributed by atoms with E-state index in [-0.39, 0.29) is 17.4 Å². The summed E-state index contributed by atoms with van der Waals surface area (Å²) in [6.07, 6.45) is 1.91. The van der Waals surface area contributed by atoms with Crippen molar-refractivity contribution in [1.29, 1.82) is 0 Å². The molecule has 2 aliphatic rings. The average molecular weight is 367 g/mol. The summed E-state index contributed by atoms with van der Waals surface area (Å²) in [5.74, 6) is -1.78. The molecule has 0 amide bonds. The Morgan fingerprint density at radius 3 is 2.48 bits per heavy atom. The summed E-state index contributed by atoms with van der Waals surface area (Å²) in [4.78, 5) is 26.7. The van der Waals surface area contributed by atoms with Crippen LogP contribution < -0.4 is 4.90 Å². The zero-order chi connectivity index (χ0) is 19.0. The van der Waals surface area contributed by atoms with Gasteiger partial charge in [-0.05, 0) is 43.5 Å². The summed E-state index contributed by atoms with van der Waals surface area (Å²) in [6, 6.07) is 13.4. The summed E-state index contributed by atoms with van der Waals surface area (Å²) in [5.41, 5.74) is 2.02. The lowest BCUT2D eigenvalue weighted by Gasteiger charge is -2.35. The van der Waals surface area contributed by atoms with Crippen LogP contribution in [0.2, 0.25) is 0 Å². The van der Waals surface area contributed by atoms with Crippen LogP contribution in [0.25, 0.3) is 0 Å². The van der Waals surface area contributed by atoms with Crippen LogP contribution >= 0.6 is 0 Å². The highest BCUT2D eigenvalue weighted by Gasteiger charge is 2.36. The number of benzene rings is 2. The highest BCUT2D eigenvalue weighted by Crippen LogP contribution is 2.33. The minimum Gasteiger partial charge on any atom is -0.417 e. The molecule has 0 aliphatic carbocycles. The van der Waals surface area contributed by atoms with Gasteiger partial charge in [0.05, 0.1) is 0 Å². The third-order valence-corrected chi connectivity index (χ3v) is 4.83. The van der Waals surface area contributed by atoms with Crippen LogP contribution in [0.3, 0.4) is 0 Å². The highest BCUT2D eigenvalue weighted by molar-refractivity contribution is 6.15. The number of cyclic esters (lactones) is 2. The lowest BCUT2D eigenvalue weighted by atomic mass is 9.96. The first-order chi connectivity index (χ1) is 13.0. The number of carbonyl (C=O) groups excluding carboxylic acids is 2. The van der Waals surface area contributed by atoms with Crippen LogP contribution in [0.1, 0.15) is 30.8 Å². The third-order valence-electron chi connectivity index (χ3n) is 4.83. The van der Waals surface area contributed by atoms with Crippen molar-refractivity contribution in [2.75, 3.05) is 4.90 Å². The van der Waals surface area contributed by atoms with Crippen LogP contribution in [0.4, 0.5) is 10.1 Å². The summed E-state index contributed by atoms with van der Waals surface area (Å²) in [6.45, 7) is 1.98. The average Bonchev–Trinajstić information content (AvgIpc) is 2.66. The predicted octanol–water partition coefficient (Wildman–Crippen LogP) is 3.65. The number of hydrogen-bond acceptors (Lipinski definition) is 5. The Labute approximate surface area is 156 Å². The van der Waals surface area contributed by atoms with Crippen LogP contribution in [-0.2, 0) is 25.5 Å². The van der Waals surface area contributed by atoms with Crippen LogP contribution in [0, 0.1) is 5.82 Å². The van der Waals surface area contributed by atoms with Gasteiger partial charge in [0.15, 0.2) is 5.57 Å². The van der Waals surface area contributed by atoms with E-state index in [1.807, 2.05) is 13.0 Å². The second-order valence-corrected chi connectivity index (χ2v) is 6.66. The van der Waals surface area contributed by atoms with E-state index in [1.165, 1.54) is 18.3 Å². The number of hydrogen-bond donors (Lipinski definition) is 0. The molecule has 2 aromatic rings. The normalized spacial score (nSPS) is 22.0. The van der Waals surface area contributed by atoms with E-state index in [0.29, 0.717) is 5.56 Å². The van der Waals surface area contributed by atoms with Gasteiger partial charge in [-0.15, -0.1) is 0 Å². The van der Waals surface area contributed by atoms with E-state index in [0.717, 1.165) is 24.1 Å². The second-order valence-electron chi connectivity index (χ2n) is 6.66. The van der Waals surface area contributed by atoms with Gasteiger partial charge in [0.2, 0.25) is 0 Å². The number of esters is 2. The fourth-order valence-corrected chi connectivity index (χ4v) is 3.36. The van der Waals surface area contributed by atoms with Crippen LogP contribution in [0.5, 0.6) is 0 Å². The molecule has 0 spiro atoms. The molecule has 1 atom stereocenters. The monoisotopic (exact) mass is 367 g/mol. The predicted molar refractivity (Wildman–Crippen MR) is 96.1 cm³/mol. The molecular weight excluding hydrogens is 349 g/mol. The summed E-state index contributed by atoms with van der Waals surface area (Å²) >= 11 is 0. The number of carbonyl (C=O) groups is 2. The van der Waals surface area contributed by atoms with E-state index < -0.39 is 18.2 Å². The fraction of sp³-hybridized carbons (Fsp3) is 0.238. The van der Waals surface area contributed by atoms with E-state index >= 15 is 0 Å². The highest BCUT2D eigenvalue weighted by atomic mass is 19.1. The molecule has 0 saturated carbocycles. The minimum atomic E-state index is -1.05. The second kappa shape index (κ2) is 6.87. The van der Waals surface area contributed by atoms with Crippen LogP contribution in [0.15, 0.2) is 60.3 Å². The van der Waals surface area contributed by atoms with E-state index in [1.54, 1.807) is 35.2 Å². The topological polar surface area (TPSA) is 55.8 Å². The number of nitrogens with zero attached hydrogens (tertiary/aromatic N) is 1. The molecule has 2 aliphatic heterocycles. The standard InChI is InChI=1S/C21H18FNO4/c1-13-7-8-15-11-16(22)9-10-18(15)23(13)12-17-19(24)26-21(27-20(17)25)14-5-3-2-4-6-14/h2-6,9-13,21H,7-8H2,1H3. The van der Waals surface area contributed by atoms with Crippen molar-refractivity contribution in [2.45, 2.75) is 32.1 Å². The lowest BCUT2D eigenvalue weighted by molar-refractivity contribution is -0.195. The number of halogens is 1. The summed E-state index contributed by atoms with van der Waals surface area (Å²) < 4.78 is 24.1. The molecule has 0 aromatic heterocycles. The number of rotatable bonds is 2. The summed E-state index contributed by atoms with van der Waals surface area (Å²) in [5, 5.41) is 0. The zero-order valence-corrected chi connectivity index (χ0v) is 14.7. The molecule has 2 heterocycles. The van der Waals surface area contributed by atoms with Gasteiger partial charge >= 0.3 is 11.9 Å². The first-order valence-electron chi connectivity index (χ1n) is 8.78. The molecule has 2 aromatic carbocycles. The zero-order valence-electron chi connectivity index (χ0n) is 14.7. The molecule has 6 heteroatoms. The Bertz CT molecular complexity index is 905. The van der Waals surface area contributed by atoms with Gasteiger partial charge in [-0.2, -0.15) is 0 Å². The Morgan fingerprint density at radius 1 is 1.07 bits per heavy atom. The van der Waals surface area contributed by atoms with Crippen molar-refractivity contribution in [2.24, 2.45) is 0 Å². The lowest BCUT2D eigenvalue weighted by Crippen LogP contribution is -2.36. The van der Waals surface area contributed by atoms with Gasteiger partial charge in [0, 0.05) is 23.5 Å². The first kappa shape index (κ1) is 17.3. The Balaban J connectivity index is 1.63. The maximum absolute atomic E-state index is 13.5. The van der Waals surface area contributed by atoms with Crippen molar-refractivity contribution in [1.82, 2.24) is 0 Å². The van der Waals surface area contributed by atoms with Gasteiger partial charge in [-0.25, -0.2) is 14.0 Å². The van der Waals surface area contributed by atoms with Crippen molar-refractivity contribution in [3.05, 3.63) is 77.2 Å². The maximum atomic E-state index is 13.5. The molecule has 27 heavy (non-hydrogen) atoms. The Hall–Kier alpha value is -3.15. The van der Waals surface area contributed by atoms with Gasteiger partial charge in [0.25, 0.3) is 6.29 Å². The van der Waals surface area contributed by atoms with E-state index in [4.69, 9.17) is 9.47 Å². The number of fused-ring (bicyclic) bond motifs is 1. The van der Waals surface area contributed by atoms with Crippen molar-refractivity contribution in [3.8, 4) is 0 Å². The molecule has 0 bridgehead atoms. The smallest absolute Gasteiger partial charge is 0.350 e. The first-order valence-corrected chi connectivity index (χ1v) is 8.78. The summed E-state index contributed by atoms with van der Waals surface area (Å²) in [7, 11) is 0. The van der Waals surface area contributed by atoms with Gasteiger partial charge < -0.3 is 14.4 Å². The van der Waals surface area contributed by atoms with E-state index in [9.17, 15) is 14.0 Å². The number of aryl methyl sites for hydroxylation is 1. The SMILES string of the molecule is CC1CCc2cc(F)ccc2N1C=C1C(=O)OC(c2ccccc2)OC1=O. The van der Waals surface area contributed by atoms with Gasteiger partial charge in [-0.1, -0.05) is 30.3 Å². The maximum Gasteiger partial charge on any atom is 0.350 e. The third kappa shape index (κ3) is 3.30. The molecule has 0 N–H and O–H groups in total. The molecule has 138 valence electrons. The van der Waals surface area contributed by atoms with Crippen molar-refractivity contribution < 1.29 is 23.5 Å². The largest absolute Gasteiger partial charge is 0.417 e. The van der Waals surface area contributed by atoms with Crippen molar-refractivity contribution >= 4 is 17.6 Å². The van der Waals surface area contributed by atoms with E-state index in [2.05, 4.69) is 0 Å². The molecule has 4 rings (SSSR count). The Kier molecular flexibility index (Phi) is 4.39. The molecule has 1 unspecified atom stereocenters. The molecule has 1 fully saturated rings. The van der Waals surface area contributed by atoms with Gasteiger partial charge in [-0.3, -0.25) is 0 Å². The Morgan fingerprint density at radius 2 is 1.78 bits per heavy atom. The molecule has 0 radical (unpaired) electrons. The quantitative estimate of drug-likeness (QED) is 0.461. The van der Waals surface area contributed by atoms with Crippen molar-refractivity contribution in [3.63, 3.8) is 0 Å². The number of ether oxygens (including phenoxy) is 2. The molecule has 5 nitrogen and oxygen atoms in total. The molecular formula is C21H18FNO4.